The third kappa shape index (κ3) is 2.50. The van der Waals surface area contributed by atoms with Gasteiger partial charge in [-0.15, -0.1) is 11.3 Å². The number of aromatic nitrogens is 1. The molecule has 0 aliphatic rings. The van der Waals surface area contributed by atoms with E-state index in [1.807, 2.05) is 0 Å². The summed E-state index contributed by atoms with van der Waals surface area (Å²) in [6.07, 6.45) is -2.79. The van der Waals surface area contributed by atoms with Crippen LogP contribution in [0, 0.1) is 0 Å². The molecule has 0 radical (unpaired) electrons. The first-order valence-electron chi connectivity index (χ1n) is 3.07. The van der Waals surface area contributed by atoms with Gasteiger partial charge in [-0.3, -0.25) is 4.79 Å². The van der Waals surface area contributed by atoms with Gasteiger partial charge < -0.3 is 0 Å². The number of rotatable bonds is 2. The maximum atomic E-state index is 12.1. The second-order valence-corrected chi connectivity index (χ2v) is 4.13. The van der Waals surface area contributed by atoms with Gasteiger partial charge in [-0.05, 0) is 0 Å². The Morgan fingerprint density at radius 2 is 2.23 bits per heavy atom. The number of hydrogen-bond donors (Lipinski definition) is 0. The van der Waals surface area contributed by atoms with E-state index in [0.29, 0.717) is 6.29 Å². The zero-order chi connectivity index (χ0) is 10.1. The lowest BCUT2D eigenvalue weighted by Gasteiger charge is -2.09. The van der Waals surface area contributed by atoms with E-state index in [1.165, 1.54) is 0 Å². The molecule has 0 N–H and O–H groups in total. The Morgan fingerprint density at radius 3 is 2.62 bits per heavy atom. The first kappa shape index (κ1) is 10.6. The molecule has 0 bridgehead atoms. The van der Waals surface area contributed by atoms with Crippen LogP contribution in [0.2, 0.25) is 0 Å². The van der Waals surface area contributed by atoms with Crippen LogP contribution in [-0.4, -0.2) is 17.4 Å². The lowest BCUT2D eigenvalue weighted by molar-refractivity contribution is -0.128. The molecule has 0 aliphatic carbocycles. The predicted molar refractivity (Wildman–Crippen MR) is 45.2 cm³/mol. The number of thiazole rings is 1. The molecule has 1 unspecified atom stereocenters. The molecule has 0 saturated heterocycles. The van der Waals surface area contributed by atoms with Crippen molar-refractivity contribution in [3.05, 3.63) is 16.1 Å². The average molecular weight is 274 g/mol. The molecular weight excluding hydrogens is 271 g/mol. The minimum Gasteiger partial charge on any atom is -0.297 e. The number of hydrogen-bond acceptors (Lipinski definition) is 3. The Labute approximate surface area is 83.9 Å². The molecule has 72 valence electrons. The van der Waals surface area contributed by atoms with Gasteiger partial charge >= 0.3 is 6.18 Å². The Bertz CT molecular complexity index is 311. The highest BCUT2D eigenvalue weighted by molar-refractivity contribution is 9.09. The standard InChI is InChI=1S/C6H3BrF3NOS/c7-4(6(8,9)10)5-11-1-3(2-12)13-5/h1-2,4H. The summed E-state index contributed by atoms with van der Waals surface area (Å²) in [5.41, 5.74) is 0. The lowest BCUT2D eigenvalue weighted by Crippen LogP contribution is -2.14. The van der Waals surface area contributed by atoms with Gasteiger partial charge in [-0.25, -0.2) is 4.98 Å². The number of carbonyl (C=O) groups excluding carboxylic acids is 1. The summed E-state index contributed by atoms with van der Waals surface area (Å²) in [7, 11) is 0. The number of nitrogens with zero attached hydrogens (tertiary/aromatic N) is 1. The van der Waals surface area contributed by atoms with Gasteiger partial charge in [0.1, 0.15) is 5.01 Å². The Morgan fingerprint density at radius 1 is 1.62 bits per heavy atom. The quantitative estimate of drug-likeness (QED) is 0.613. The summed E-state index contributed by atoms with van der Waals surface area (Å²) in [4.78, 5) is 12.0. The minimum atomic E-state index is -4.38. The van der Waals surface area contributed by atoms with Crippen molar-refractivity contribution in [2.24, 2.45) is 0 Å². The smallest absolute Gasteiger partial charge is 0.297 e. The van der Waals surface area contributed by atoms with Gasteiger partial charge in [0.25, 0.3) is 0 Å². The van der Waals surface area contributed by atoms with Crippen LogP contribution >= 0.6 is 27.3 Å². The molecular formula is C6H3BrF3NOS. The Balaban J connectivity index is 2.89. The number of alkyl halides is 4. The molecule has 1 aromatic rings. The second-order valence-electron chi connectivity index (χ2n) is 2.12. The summed E-state index contributed by atoms with van der Waals surface area (Å²) in [5.74, 6) is 0. The van der Waals surface area contributed by atoms with Crippen molar-refractivity contribution in [3.8, 4) is 0 Å². The number of halogens is 4. The zero-order valence-electron chi connectivity index (χ0n) is 6.01. The molecule has 0 spiro atoms. The van der Waals surface area contributed by atoms with Crippen LogP contribution in [0.15, 0.2) is 6.20 Å². The van der Waals surface area contributed by atoms with Crippen molar-refractivity contribution < 1.29 is 18.0 Å². The van der Waals surface area contributed by atoms with E-state index >= 15 is 0 Å². The topological polar surface area (TPSA) is 30.0 Å². The van der Waals surface area contributed by atoms with Gasteiger partial charge in [0.15, 0.2) is 11.1 Å². The summed E-state index contributed by atoms with van der Waals surface area (Å²) in [5, 5.41) is -0.158. The SMILES string of the molecule is O=Cc1cnc(C(Br)C(F)(F)F)s1. The molecule has 2 nitrogen and oxygen atoms in total. The van der Waals surface area contributed by atoms with E-state index in [1.54, 1.807) is 0 Å². The van der Waals surface area contributed by atoms with Crippen molar-refractivity contribution in [1.82, 2.24) is 4.98 Å². The highest BCUT2D eigenvalue weighted by atomic mass is 79.9. The summed E-state index contributed by atoms with van der Waals surface area (Å²) in [6.45, 7) is 0. The lowest BCUT2D eigenvalue weighted by atomic mass is 10.4. The normalized spacial score (nSPS) is 14.2. The molecule has 0 fully saturated rings. The molecule has 0 saturated carbocycles. The van der Waals surface area contributed by atoms with E-state index in [0.717, 1.165) is 17.5 Å². The molecule has 0 amide bonds. The third-order valence-electron chi connectivity index (χ3n) is 1.16. The summed E-state index contributed by atoms with van der Waals surface area (Å²) < 4.78 is 36.2. The fourth-order valence-corrected chi connectivity index (χ4v) is 1.75. The van der Waals surface area contributed by atoms with Gasteiger partial charge in [0, 0.05) is 6.20 Å². The largest absolute Gasteiger partial charge is 0.407 e. The summed E-state index contributed by atoms with van der Waals surface area (Å²) in [6, 6.07) is 0. The van der Waals surface area contributed by atoms with Crippen LogP contribution in [0.1, 0.15) is 19.5 Å². The molecule has 1 heterocycles. The van der Waals surface area contributed by atoms with Crippen molar-refractivity contribution in [2.45, 2.75) is 11.0 Å². The van der Waals surface area contributed by atoms with E-state index in [4.69, 9.17) is 0 Å². The van der Waals surface area contributed by atoms with Crippen molar-refractivity contribution in [1.29, 1.82) is 0 Å². The molecule has 0 aliphatic heterocycles. The maximum Gasteiger partial charge on any atom is 0.407 e. The fraction of sp³-hybridized carbons (Fsp3) is 0.333. The first-order valence-corrected chi connectivity index (χ1v) is 4.80. The van der Waals surface area contributed by atoms with Gasteiger partial charge in [-0.1, -0.05) is 15.9 Å². The Hall–Kier alpha value is -0.430. The van der Waals surface area contributed by atoms with Crippen LogP contribution in [-0.2, 0) is 0 Å². The molecule has 7 heteroatoms. The van der Waals surface area contributed by atoms with Gasteiger partial charge in [0.2, 0.25) is 0 Å². The minimum absolute atomic E-state index is 0.158. The van der Waals surface area contributed by atoms with Crippen molar-refractivity contribution in [2.75, 3.05) is 0 Å². The van der Waals surface area contributed by atoms with Crippen LogP contribution in [0.25, 0.3) is 0 Å². The second kappa shape index (κ2) is 3.75. The monoisotopic (exact) mass is 273 g/mol. The molecule has 1 atom stereocenters. The highest BCUT2D eigenvalue weighted by Gasteiger charge is 2.40. The third-order valence-corrected chi connectivity index (χ3v) is 3.41. The average Bonchev–Trinajstić information content (AvgIpc) is 2.48. The fourth-order valence-electron chi connectivity index (χ4n) is 0.612. The summed E-state index contributed by atoms with van der Waals surface area (Å²) >= 11 is 3.18. The molecule has 1 aromatic heterocycles. The number of carbonyl (C=O) groups is 1. The number of aldehydes is 1. The Kier molecular flexibility index (Phi) is 3.07. The van der Waals surface area contributed by atoms with Crippen LogP contribution in [0.3, 0.4) is 0 Å². The first-order chi connectivity index (χ1) is 5.95. The van der Waals surface area contributed by atoms with Crippen molar-refractivity contribution in [3.63, 3.8) is 0 Å². The van der Waals surface area contributed by atoms with E-state index in [2.05, 4.69) is 20.9 Å². The van der Waals surface area contributed by atoms with E-state index in [9.17, 15) is 18.0 Å². The highest BCUT2D eigenvalue weighted by Crippen LogP contribution is 2.40. The van der Waals surface area contributed by atoms with Crippen molar-refractivity contribution >= 4 is 33.6 Å². The van der Waals surface area contributed by atoms with Gasteiger partial charge in [0.05, 0.1) is 4.88 Å². The van der Waals surface area contributed by atoms with E-state index in [-0.39, 0.29) is 9.88 Å². The maximum absolute atomic E-state index is 12.1. The van der Waals surface area contributed by atoms with E-state index < -0.39 is 11.0 Å². The van der Waals surface area contributed by atoms with Crippen LogP contribution < -0.4 is 0 Å². The van der Waals surface area contributed by atoms with Crippen LogP contribution in [0.4, 0.5) is 13.2 Å². The predicted octanol–water partition coefficient (Wildman–Crippen LogP) is 2.95. The zero-order valence-corrected chi connectivity index (χ0v) is 8.41. The van der Waals surface area contributed by atoms with Crippen LogP contribution in [0.5, 0.6) is 0 Å². The molecule has 13 heavy (non-hydrogen) atoms. The molecule has 0 aromatic carbocycles. The van der Waals surface area contributed by atoms with Gasteiger partial charge in [-0.2, -0.15) is 13.2 Å². The molecule has 1 rings (SSSR count).